The van der Waals surface area contributed by atoms with Crippen molar-refractivity contribution in [1.82, 2.24) is 0 Å². The summed E-state index contributed by atoms with van der Waals surface area (Å²) in [6.45, 7) is 2.28. The first-order valence-electron chi connectivity index (χ1n) is 14.4. The monoisotopic (exact) mass is 636 g/mol. The third kappa shape index (κ3) is 7.29. The highest BCUT2D eigenvalue weighted by Gasteiger charge is 2.67. The van der Waals surface area contributed by atoms with Gasteiger partial charge in [-0.05, 0) is 96.7 Å². The molecule has 0 unspecified atom stereocenters. The molecule has 2 saturated carbocycles. The van der Waals surface area contributed by atoms with Gasteiger partial charge >= 0.3 is 16.3 Å². The minimum absolute atomic E-state index is 0.0910. The van der Waals surface area contributed by atoms with E-state index >= 15 is 4.39 Å². The lowest BCUT2D eigenvalue weighted by Crippen LogP contribution is -2.37. The van der Waals surface area contributed by atoms with Gasteiger partial charge in [-0.15, -0.1) is 0 Å². The van der Waals surface area contributed by atoms with E-state index in [2.05, 4.69) is 23.8 Å². The van der Waals surface area contributed by atoms with Crippen molar-refractivity contribution in [2.45, 2.75) is 81.1 Å². The van der Waals surface area contributed by atoms with Crippen LogP contribution in [0.15, 0.2) is 65.6 Å². The maximum Gasteiger partial charge on any atom is 0.400 e. The molecule has 2 aliphatic rings. The molecule has 2 aliphatic carbocycles. The zero-order valence-corrected chi connectivity index (χ0v) is 24.3. The first-order valence-corrected chi connectivity index (χ1v) is 16.3. The molecule has 5 rings (SSSR count). The minimum Gasteiger partial charge on any atom is -0.432 e. The number of alkyl halides is 2. The molecule has 0 bridgehead atoms. The Balaban J connectivity index is 1.20. The summed E-state index contributed by atoms with van der Waals surface area (Å²) in [4.78, 5) is -2.80. The van der Waals surface area contributed by atoms with Crippen LogP contribution in [-0.2, 0) is 0 Å². The fourth-order valence-corrected chi connectivity index (χ4v) is 7.17. The summed E-state index contributed by atoms with van der Waals surface area (Å²) in [6, 6.07) is 12.9. The number of rotatable bonds is 7. The van der Waals surface area contributed by atoms with Crippen molar-refractivity contribution in [1.29, 1.82) is 0 Å². The quantitative estimate of drug-likeness (QED) is 0.235. The van der Waals surface area contributed by atoms with E-state index in [0.717, 1.165) is 11.5 Å². The van der Waals surface area contributed by atoms with Gasteiger partial charge in [0, 0.05) is 6.07 Å². The van der Waals surface area contributed by atoms with Crippen LogP contribution in [0, 0.1) is 23.5 Å². The Kier molecular flexibility index (Phi) is 7.84. The van der Waals surface area contributed by atoms with Crippen LogP contribution in [0.5, 0.6) is 5.75 Å². The first kappa shape index (κ1) is 31.6. The van der Waals surface area contributed by atoms with Crippen LogP contribution >= 0.6 is 10.2 Å². The predicted octanol–water partition coefficient (Wildman–Crippen LogP) is 12.5. The molecule has 43 heavy (non-hydrogen) atoms. The van der Waals surface area contributed by atoms with Crippen molar-refractivity contribution >= 4 is 10.2 Å². The zero-order valence-electron chi connectivity index (χ0n) is 23.5. The van der Waals surface area contributed by atoms with Gasteiger partial charge in [0.25, 0.3) is 0 Å². The third-order valence-corrected chi connectivity index (χ3v) is 10.1. The second-order valence-electron chi connectivity index (χ2n) is 12.1. The van der Waals surface area contributed by atoms with E-state index in [9.17, 15) is 32.6 Å². The lowest BCUT2D eigenvalue weighted by atomic mass is 9.77. The molecule has 0 N–H and O–H groups in total. The number of ether oxygens (including phenoxy) is 1. The van der Waals surface area contributed by atoms with E-state index in [4.69, 9.17) is 0 Å². The molecule has 0 aliphatic heterocycles. The van der Waals surface area contributed by atoms with Gasteiger partial charge in [-0.25, -0.2) is 8.78 Å². The average Bonchev–Trinajstić information content (AvgIpc) is 2.92. The van der Waals surface area contributed by atoms with Gasteiger partial charge in [-0.1, -0.05) is 75.6 Å². The second-order valence-corrected chi connectivity index (χ2v) is 14.5. The van der Waals surface area contributed by atoms with Crippen molar-refractivity contribution in [3.05, 3.63) is 83.4 Å². The topological polar surface area (TPSA) is 9.23 Å². The SMILES string of the molecule is CC1CCC(c2ccc(-c3ccc(C4CCC(C(F)(F)Oc5ccc(S(F)(F)(F)(F)F)c(F)c5)CC4)c(F)c3)cc2)CC1. The molecule has 0 heterocycles. The smallest absolute Gasteiger partial charge is 0.400 e. The standard InChI is InChI=1S/C32H33F9OS/c1-20-2-4-21(5-3-20)22-6-8-23(9-7-22)25-12-16-28(29(33)18-25)24-10-13-26(14-11-24)32(35,36)42-27-15-17-31(30(34)19-27)43(37,38,39,40)41/h6-9,12,15-21,24,26H,2-5,10-11,13-14H2,1H3. The molecule has 0 amide bonds. The zero-order chi connectivity index (χ0) is 31.3. The van der Waals surface area contributed by atoms with Gasteiger partial charge in [-0.3, -0.25) is 0 Å². The van der Waals surface area contributed by atoms with E-state index in [-0.39, 0.29) is 49.8 Å². The van der Waals surface area contributed by atoms with Gasteiger partial charge in [0.1, 0.15) is 22.3 Å². The molecular weight excluding hydrogens is 603 g/mol. The molecule has 0 aromatic heterocycles. The van der Waals surface area contributed by atoms with Crippen LogP contribution in [0.25, 0.3) is 11.1 Å². The highest BCUT2D eigenvalue weighted by atomic mass is 32.5. The Labute approximate surface area is 245 Å². The molecule has 0 atom stereocenters. The molecule has 236 valence electrons. The molecule has 11 heteroatoms. The Morgan fingerprint density at radius 1 is 0.651 bits per heavy atom. The van der Waals surface area contributed by atoms with Crippen LogP contribution in [0.2, 0.25) is 0 Å². The molecule has 2 fully saturated rings. The average molecular weight is 637 g/mol. The van der Waals surface area contributed by atoms with Crippen LogP contribution in [0.3, 0.4) is 0 Å². The second kappa shape index (κ2) is 10.7. The summed E-state index contributed by atoms with van der Waals surface area (Å²) in [5, 5.41) is 0. The van der Waals surface area contributed by atoms with Crippen molar-refractivity contribution in [2.75, 3.05) is 0 Å². The molecule has 1 nitrogen and oxygen atoms in total. The Bertz CT molecular complexity index is 1460. The number of halogens is 9. The Morgan fingerprint density at radius 2 is 1.23 bits per heavy atom. The van der Waals surface area contributed by atoms with Gasteiger partial charge < -0.3 is 4.74 Å². The summed E-state index contributed by atoms with van der Waals surface area (Å²) in [5.74, 6) is -4.24. The van der Waals surface area contributed by atoms with Crippen LogP contribution < -0.4 is 4.74 Å². The van der Waals surface area contributed by atoms with Gasteiger partial charge in [0.2, 0.25) is 0 Å². The van der Waals surface area contributed by atoms with E-state index < -0.39 is 44.5 Å². The normalized spacial score (nSPS) is 25.1. The summed E-state index contributed by atoms with van der Waals surface area (Å²) in [7, 11) is -10.3. The lowest BCUT2D eigenvalue weighted by Gasteiger charge is -2.40. The molecular formula is C32H33F9OS. The summed E-state index contributed by atoms with van der Waals surface area (Å²) >= 11 is 0. The van der Waals surface area contributed by atoms with Crippen LogP contribution in [0.4, 0.5) is 37.0 Å². The number of hydrogen-bond acceptors (Lipinski definition) is 1. The highest BCUT2D eigenvalue weighted by Crippen LogP contribution is 3.02. The predicted molar refractivity (Wildman–Crippen MR) is 150 cm³/mol. The fraction of sp³-hybridized carbons (Fsp3) is 0.438. The highest BCUT2D eigenvalue weighted by molar-refractivity contribution is 8.45. The van der Waals surface area contributed by atoms with Gasteiger partial charge in [0.15, 0.2) is 0 Å². The van der Waals surface area contributed by atoms with Gasteiger partial charge in [-0.2, -0.15) is 8.78 Å². The van der Waals surface area contributed by atoms with Crippen molar-refractivity contribution in [3.8, 4) is 16.9 Å². The Morgan fingerprint density at radius 3 is 1.79 bits per heavy atom. The molecule has 3 aromatic rings. The summed E-state index contributed by atoms with van der Waals surface area (Å²) < 4.78 is 128. The molecule has 3 aromatic carbocycles. The number of benzene rings is 3. The van der Waals surface area contributed by atoms with Crippen LogP contribution in [-0.4, -0.2) is 6.11 Å². The largest absolute Gasteiger partial charge is 0.432 e. The van der Waals surface area contributed by atoms with Gasteiger partial charge in [0.05, 0.1) is 5.92 Å². The third-order valence-electron chi connectivity index (χ3n) is 8.95. The molecule has 0 radical (unpaired) electrons. The van der Waals surface area contributed by atoms with Crippen LogP contribution in [0.1, 0.15) is 81.3 Å². The van der Waals surface area contributed by atoms with Crippen molar-refractivity contribution in [3.63, 3.8) is 0 Å². The van der Waals surface area contributed by atoms with Crippen molar-refractivity contribution in [2.24, 2.45) is 11.8 Å². The van der Waals surface area contributed by atoms with Crippen molar-refractivity contribution < 1.29 is 41.7 Å². The first-order chi connectivity index (χ1) is 19.9. The molecule has 0 saturated heterocycles. The maximum absolute atomic E-state index is 15.2. The lowest BCUT2D eigenvalue weighted by molar-refractivity contribution is -0.222. The van der Waals surface area contributed by atoms with E-state index in [1.165, 1.54) is 37.3 Å². The fourth-order valence-electron chi connectivity index (χ4n) is 6.42. The summed E-state index contributed by atoms with van der Waals surface area (Å²) in [6.07, 6.45) is 1.08. The Hall–Kier alpha value is -2.82. The van der Waals surface area contributed by atoms with E-state index in [0.29, 0.717) is 17.0 Å². The van der Waals surface area contributed by atoms with E-state index in [1.54, 1.807) is 6.07 Å². The minimum atomic E-state index is -10.3. The number of hydrogen-bond donors (Lipinski definition) is 0. The molecule has 0 spiro atoms. The maximum atomic E-state index is 15.2. The van der Waals surface area contributed by atoms with E-state index in [1.807, 2.05) is 18.2 Å². The summed E-state index contributed by atoms with van der Waals surface area (Å²) in [5.41, 5.74) is 3.29.